The van der Waals surface area contributed by atoms with Gasteiger partial charge >= 0.3 is 0 Å². The van der Waals surface area contributed by atoms with Crippen molar-refractivity contribution in [2.24, 2.45) is 23.5 Å². The molecule has 2 aliphatic carbocycles. The van der Waals surface area contributed by atoms with Gasteiger partial charge in [-0.3, -0.25) is 9.69 Å². The van der Waals surface area contributed by atoms with Gasteiger partial charge in [-0.15, -0.1) is 0 Å². The number of carbonyl (C=O) groups is 1. The third-order valence-electron chi connectivity index (χ3n) is 5.68. The highest BCUT2D eigenvalue weighted by Gasteiger charge is 2.57. The predicted molar refractivity (Wildman–Crippen MR) is 83.3 cm³/mol. The van der Waals surface area contributed by atoms with E-state index >= 15 is 0 Å². The highest BCUT2D eigenvalue weighted by Crippen LogP contribution is 2.58. The first kappa shape index (κ1) is 14.3. The molecule has 1 saturated heterocycles. The molecule has 4 nitrogen and oxygen atoms in total. The van der Waals surface area contributed by atoms with Gasteiger partial charge in [0.25, 0.3) is 0 Å². The summed E-state index contributed by atoms with van der Waals surface area (Å²) in [7, 11) is 0. The van der Waals surface area contributed by atoms with Crippen molar-refractivity contribution in [3.63, 3.8) is 0 Å². The molecule has 2 atom stereocenters. The Labute approximate surface area is 126 Å². The average Bonchev–Trinajstić information content (AvgIpc) is 2.90. The van der Waals surface area contributed by atoms with Crippen molar-refractivity contribution in [1.82, 2.24) is 9.80 Å². The number of nitrogens with zero attached hydrogens (tertiary/aromatic N) is 2. The van der Waals surface area contributed by atoms with Crippen LogP contribution >= 0.6 is 12.2 Å². The second kappa shape index (κ2) is 4.95. The molecule has 2 N–H and O–H groups in total. The summed E-state index contributed by atoms with van der Waals surface area (Å²) >= 11 is 5.15. The summed E-state index contributed by atoms with van der Waals surface area (Å²) in [5, 5.41) is 0. The molecular formula is C15H25N3OS. The Morgan fingerprint density at radius 3 is 2.20 bits per heavy atom. The zero-order valence-corrected chi connectivity index (χ0v) is 13.3. The van der Waals surface area contributed by atoms with E-state index in [9.17, 15) is 4.79 Å². The lowest BCUT2D eigenvalue weighted by molar-refractivity contribution is -0.135. The molecule has 20 heavy (non-hydrogen) atoms. The summed E-state index contributed by atoms with van der Waals surface area (Å²) in [5.74, 6) is 2.20. The zero-order valence-electron chi connectivity index (χ0n) is 12.5. The maximum Gasteiger partial charge on any atom is 0.226 e. The van der Waals surface area contributed by atoms with E-state index < -0.39 is 0 Å². The van der Waals surface area contributed by atoms with Gasteiger partial charge < -0.3 is 10.6 Å². The minimum atomic E-state index is -0.249. The molecule has 0 radical (unpaired) electrons. The van der Waals surface area contributed by atoms with Crippen molar-refractivity contribution in [3.05, 3.63) is 0 Å². The summed E-state index contributed by atoms with van der Waals surface area (Å²) in [5.41, 5.74) is 5.58. The van der Waals surface area contributed by atoms with Crippen LogP contribution in [0.4, 0.5) is 0 Å². The summed E-state index contributed by atoms with van der Waals surface area (Å²) in [4.78, 5) is 17.4. The molecule has 0 aromatic heterocycles. The fraction of sp³-hybridized carbons (Fsp3) is 0.867. The lowest BCUT2D eigenvalue weighted by Crippen LogP contribution is -2.60. The van der Waals surface area contributed by atoms with E-state index in [0.29, 0.717) is 28.6 Å². The Morgan fingerprint density at radius 1 is 1.15 bits per heavy atom. The molecule has 0 spiro atoms. The van der Waals surface area contributed by atoms with Crippen LogP contribution in [0.2, 0.25) is 0 Å². The third kappa shape index (κ3) is 2.25. The summed E-state index contributed by atoms with van der Waals surface area (Å²) in [6.45, 7) is 7.52. The van der Waals surface area contributed by atoms with Gasteiger partial charge in [0, 0.05) is 32.1 Å². The van der Waals surface area contributed by atoms with Crippen molar-refractivity contribution in [1.29, 1.82) is 0 Å². The first-order valence-electron chi connectivity index (χ1n) is 7.76. The lowest BCUT2D eigenvalue weighted by Gasteiger charge is -2.43. The van der Waals surface area contributed by atoms with Crippen LogP contribution in [0.1, 0.15) is 33.1 Å². The fourth-order valence-corrected chi connectivity index (χ4v) is 4.17. The van der Waals surface area contributed by atoms with Gasteiger partial charge in [-0.1, -0.05) is 18.6 Å². The standard InChI is InChI=1S/C15H25N3OS/c1-15(2,14(16)20)18-8-6-17(7-9-18)13(19)12-10-4-3-5-11(10)12/h10-12H,3-9H2,1-2H3,(H2,16,20). The van der Waals surface area contributed by atoms with Crippen molar-refractivity contribution in [2.45, 2.75) is 38.6 Å². The van der Waals surface area contributed by atoms with Crippen molar-refractivity contribution >= 4 is 23.1 Å². The second-order valence-corrected chi connectivity index (χ2v) is 7.46. The average molecular weight is 295 g/mol. The quantitative estimate of drug-likeness (QED) is 0.796. The monoisotopic (exact) mass is 295 g/mol. The van der Waals surface area contributed by atoms with Crippen LogP contribution < -0.4 is 5.73 Å². The van der Waals surface area contributed by atoms with Crippen LogP contribution in [0.5, 0.6) is 0 Å². The third-order valence-corrected chi connectivity index (χ3v) is 6.18. The number of hydrogen-bond acceptors (Lipinski definition) is 3. The van der Waals surface area contributed by atoms with Crippen molar-refractivity contribution < 1.29 is 4.79 Å². The number of thiocarbonyl (C=S) groups is 1. The number of amides is 1. The zero-order chi connectivity index (χ0) is 14.5. The van der Waals surface area contributed by atoms with E-state index in [4.69, 9.17) is 18.0 Å². The predicted octanol–water partition coefficient (Wildman–Crippen LogP) is 1.24. The van der Waals surface area contributed by atoms with Gasteiger partial charge in [0.2, 0.25) is 5.91 Å². The Hall–Kier alpha value is -0.680. The molecule has 1 heterocycles. The number of rotatable bonds is 3. The van der Waals surface area contributed by atoms with Gasteiger partial charge in [-0.25, -0.2) is 0 Å². The minimum Gasteiger partial charge on any atom is -0.392 e. The minimum absolute atomic E-state index is 0.249. The molecule has 1 amide bonds. The van der Waals surface area contributed by atoms with Crippen LogP contribution in [0.25, 0.3) is 0 Å². The van der Waals surface area contributed by atoms with E-state index in [-0.39, 0.29) is 5.54 Å². The molecule has 112 valence electrons. The number of carbonyl (C=O) groups excluding carboxylic acids is 1. The van der Waals surface area contributed by atoms with Gasteiger partial charge in [-0.2, -0.15) is 0 Å². The van der Waals surface area contributed by atoms with Crippen LogP contribution in [-0.2, 0) is 4.79 Å². The molecule has 2 saturated carbocycles. The molecule has 5 heteroatoms. The summed E-state index contributed by atoms with van der Waals surface area (Å²) in [6.07, 6.45) is 3.88. The van der Waals surface area contributed by atoms with Crippen LogP contribution in [0.3, 0.4) is 0 Å². The Bertz CT molecular complexity index is 419. The van der Waals surface area contributed by atoms with Gasteiger partial charge in [0.05, 0.1) is 10.5 Å². The SMILES string of the molecule is CC(C)(C(N)=S)N1CCN(C(=O)C2C3CCCC32)CC1. The van der Waals surface area contributed by atoms with Crippen molar-refractivity contribution in [2.75, 3.05) is 26.2 Å². The Morgan fingerprint density at radius 2 is 1.70 bits per heavy atom. The molecular weight excluding hydrogens is 270 g/mol. The highest BCUT2D eigenvalue weighted by atomic mass is 32.1. The second-order valence-electron chi connectivity index (χ2n) is 7.02. The van der Waals surface area contributed by atoms with Gasteiger partial charge in [0.1, 0.15) is 0 Å². The first-order chi connectivity index (χ1) is 9.43. The first-order valence-corrected chi connectivity index (χ1v) is 8.17. The highest BCUT2D eigenvalue weighted by molar-refractivity contribution is 7.80. The number of piperazine rings is 1. The fourth-order valence-electron chi connectivity index (χ4n) is 4.04. The van der Waals surface area contributed by atoms with Gasteiger partial charge in [0.15, 0.2) is 0 Å². The van der Waals surface area contributed by atoms with Crippen LogP contribution in [-0.4, -0.2) is 52.4 Å². The summed E-state index contributed by atoms with van der Waals surface area (Å²) < 4.78 is 0. The van der Waals surface area contributed by atoms with E-state index in [0.717, 1.165) is 26.2 Å². The topological polar surface area (TPSA) is 49.6 Å². The Balaban J connectivity index is 1.54. The van der Waals surface area contributed by atoms with E-state index in [1.54, 1.807) is 0 Å². The molecule has 0 bridgehead atoms. The molecule has 3 fully saturated rings. The maximum atomic E-state index is 12.5. The molecule has 2 unspecified atom stereocenters. The number of fused-ring (bicyclic) bond motifs is 1. The summed E-state index contributed by atoms with van der Waals surface area (Å²) in [6, 6.07) is 0. The van der Waals surface area contributed by atoms with Crippen molar-refractivity contribution in [3.8, 4) is 0 Å². The molecule has 3 rings (SSSR count). The molecule has 1 aliphatic heterocycles. The van der Waals surface area contributed by atoms with Crippen LogP contribution in [0, 0.1) is 17.8 Å². The van der Waals surface area contributed by atoms with Crippen LogP contribution in [0.15, 0.2) is 0 Å². The van der Waals surface area contributed by atoms with E-state index in [1.165, 1.54) is 19.3 Å². The molecule has 0 aromatic carbocycles. The normalized spacial score (nSPS) is 33.9. The number of hydrogen-bond donors (Lipinski definition) is 1. The largest absolute Gasteiger partial charge is 0.392 e. The molecule has 3 aliphatic rings. The number of nitrogens with two attached hydrogens (primary N) is 1. The lowest BCUT2D eigenvalue weighted by atomic mass is 10.0. The van der Waals surface area contributed by atoms with E-state index in [2.05, 4.69) is 23.6 Å². The Kier molecular flexibility index (Phi) is 3.53. The maximum absolute atomic E-state index is 12.5. The smallest absolute Gasteiger partial charge is 0.226 e. The molecule has 0 aromatic rings. The van der Waals surface area contributed by atoms with Gasteiger partial charge in [-0.05, 0) is 38.5 Å². The van der Waals surface area contributed by atoms with E-state index in [1.807, 2.05) is 0 Å².